The van der Waals surface area contributed by atoms with Crippen LogP contribution in [-0.4, -0.2) is 14.7 Å². The van der Waals surface area contributed by atoms with Crippen molar-refractivity contribution >= 4 is 27.5 Å². The first-order chi connectivity index (χ1) is 9.01. The number of sulfonamides is 1. The summed E-state index contributed by atoms with van der Waals surface area (Å²) in [6.45, 7) is 0. The van der Waals surface area contributed by atoms with Crippen molar-refractivity contribution in [3.05, 3.63) is 54.3 Å². The molecule has 0 unspecified atom stereocenters. The van der Waals surface area contributed by atoms with Crippen molar-refractivity contribution < 1.29 is 12.8 Å². The molecule has 0 bridgehead atoms. The van der Waals surface area contributed by atoms with Crippen LogP contribution in [-0.2, 0) is 10.0 Å². The topological polar surface area (TPSA) is 46.2 Å². The summed E-state index contributed by atoms with van der Waals surface area (Å²) < 4.78 is 39.3. The Kier molecular flexibility index (Phi) is 4.11. The van der Waals surface area contributed by atoms with Crippen LogP contribution in [0, 0.1) is 5.82 Å². The van der Waals surface area contributed by atoms with Crippen molar-refractivity contribution in [3.63, 3.8) is 0 Å². The molecule has 0 aliphatic carbocycles. The summed E-state index contributed by atoms with van der Waals surface area (Å²) >= 11 is 1.57. The summed E-state index contributed by atoms with van der Waals surface area (Å²) in [6, 6.07) is 11.7. The van der Waals surface area contributed by atoms with Crippen LogP contribution in [0.2, 0.25) is 0 Å². The quantitative estimate of drug-likeness (QED) is 0.880. The highest BCUT2D eigenvalue weighted by Crippen LogP contribution is 2.20. The van der Waals surface area contributed by atoms with E-state index >= 15 is 0 Å². The third kappa shape index (κ3) is 3.48. The highest BCUT2D eigenvalue weighted by Gasteiger charge is 2.13. The largest absolute Gasteiger partial charge is 0.280 e. The number of benzene rings is 2. The van der Waals surface area contributed by atoms with Gasteiger partial charge >= 0.3 is 0 Å². The predicted molar refractivity (Wildman–Crippen MR) is 75.4 cm³/mol. The SMILES string of the molecule is CSc1ccc(NS(=O)(=O)c2ccc(F)cc2)cc1. The van der Waals surface area contributed by atoms with Gasteiger partial charge in [0.15, 0.2) is 0 Å². The van der Waals surface area contributed by atoms with Crippen LogP contribution in [0.3, 0.4) is 0 Å². The molecule has 0 aromatic heterocycles. The minimum atomic E-state index is -3.67. The maximum absolute atomic E-state index is 12.8. The Labute approximate surface area is 115 Å². The van der Waals surface area contributed by atoms with Crippen molar-refractivity contribution in [1.82, 2.24) is 0 Å². The summed E-state index contributed by atoms with van der Waals surface area (Å²) in [5, 5.41) is 0. The van der Waals surface area contributed by atoms with Crippen molar-refractivity contribution in [2.45, 2.75) is 9.79 Å². The van der Waals surface area contributed by atoms with Crippen LogP contribution in [0.1, 0.15) is 0 Å². The normalized spacial score (nSPS) is 11.3. The number of halogens is 1. The fourth-order valence-corrected chi connectivity index (χ4v) is 2.95. The second kappa shape index (κ2) is 5.63. The van der Waals surface area contributed by atoms with Gasteiger partial charge in [-0.15, -0.1) is 11.8 Å². The molecule has 0 atom stereocenters. The summed E-state index contributed by atoms with van der Waals surface area (Å²) in [5.41, 5.74) is 0.474. The molecular weight excluding hydrogens is 285 g/mol. The lowest BCUT2D eigenvalue weighted by atomic mass is 10.3. The van der Waals surface area contributed by atoms with Gasteiger partial charge in [0.1, 0.15) is 5.82 Å². The first-order valence-electron chi connectivity index (χ1n) is 5.44. The van der Waals surface area contributed by atoms with Crippen molar-refractivity contribution in [3.8, 4) is 0 Å². The molecule has 0 aliphatic rings. The van der Waals surface area contributed by atoms with E-state index in [0.29, 0.717) is 5.69 Å². The molecule has 3 nitrogen and oxygen atoms in total. The average Bonchev–Trinajstić information content (AvgIpc) is 2.40. The van der Waals surface area contributed by atoms with Crippen LogP contribution in [0.25, 0.3) is 0 Å². The molecule has 0 radical (unpaired) electrons. The van der Waals surface area contributed by atoms with Gasteiger partial charge in [-0.25, -0.2) is 12.8 Å². The average molecular weight is 297 g/mol. The Morgan fingerprint density at radius 3 is 2.11 bits per heavy atom. The van der Waals surface area contributed by atoms with Gasteiger partial charge in [-0.3, -0.25) is 4.72 Å². The number of anilines is 1. The molecule has 0 aliphatic heterocycles. The first kappa shape index (κ1) is 13.9. The van der Waals surface area contributed by atoms with Gasteiger partial charge in [0.05, 0.1) is 4.90 Å². The second-order valence-electron chi connectivity index (χ2n) is 3.79. The molecule has 0 spiro atoms. The molecule has 100 valence electrons. The van der Waals surface area contributed by atoms with E-state index in [-0.39, 0.29) is 4.90 Å². The molecule has 2 aromatic rings. The molecule has 0 saturated heterocycles. The van der Waals surface area contributed by atoms with Crippen molar-refractivity contribution in [2.75, 3.05) is 11.0 Å². The number of hydrogen-bond donors (Lipinski definition) is 1. The molecule has 1 N–H and O–H groups in total. The van der Waals surface area contributed by atoms with E-state index in [2.05, 4.69) is 4.72 Å². The van der Waals surface area contributed by atoms with Gasteiger partial charge in [-0.1, -0.05) is 0 Å². The first-order valence-corrected chi connectivity index (χ1v) is 8.14. The Hall–Kier alpha value is -1.53. The fraction of sp³-hybridized carbons (Fsp3) is 0.0769. The molecule has 19 heavy (non-hydrogen) atoms. The second-order valence-corrected chi connectivity index (χ2v) is 6.35. The van der Waals surface area contributed by atoms with E-state index in [1.165, 1.54) is 12.1 Å². The lowest BCUT2D eigenvalue weighted by molar-refractivity contribution is 0.599. The van der Waals surface area contributed by atoms with Gasteiger partial charge < -0.3 is 0 Å². The van der Waals surface area contributed by atoms with E-state index in [4.69, 9.17) is 0 Å². The van der Waals surface area contributed by atoms with E-state index in [9.17, 15) is 12.8 Å². The summed E-state index contributed by atoms with van der Waals surface area (Å²) in [5.74, 6) is -0.469. The fourth-order valence-electron chi connectivity index (χ4n) is 1.49. The molecule has 0 heterocycles. The highest BCUT2D eigenvalue weighted by molar-refractivity contribution is 7.98. The van der Waals surface area contributed by atoms with Gasteiger partial charge in [-0.05, 0) is 54.8 Å². The molecule has 0 fully saturated rings. The number of hydrogen-bond acceptors (Lipinski definition) is 3. The molecule has 6 heteroatoms. The maximum atomic E-state index is 12.8. The Morgan fingerprint density at radius 2 is 1.58 bits per heavy atom. The van der Waals surface area contributed by atoms with Gasteiger partial charge in [0.2, 0.25) is 0 Å². The lowest BCUT2D eigenvalue weighted by Crippen LogP contribution is -2.12. The summed E-state index contributed by atoms with van der Waals surface area (Å²) in [7, 11) is -3.67. The van der Waals surface area contributed by atoms with Crippen LogP contribution >= 0.6 is 11.8 Å². The van der Waals surface area contributed by atoms with Gasteiger partial charge in [0.25, 0.3) is 10.0 Å². The lowest BCUT2D eigenvalue weighted by Gasteiger charge is -2.08. The summed E-state index contributed by atoms with van der Waals surface area (Å²) in [6.07, 6.45) is 1.94. The van der Waals surface area contributed by atoms with Gasteiger partial charge in [0, 0.05) is 10.6 Å². The predicted octanol–water partition coefficient (Wildman–Crippen LogP) is 3.35. The minimum absolute atomic E-state index is 0.0304. The monoisotopic (exact) mass is 297 g/mol. The number of rotatable bonds is 4. The van der Waals surface area contributed by atoms with E-state index in [1.54, 1.807) is 23.9 Å². The zero-order valence-electron chi connectivity index (χ0n) is 10.1. The molecule has 0 amide bonds. The van der Waals surface area contributed by atoms with Gasteiger partial charge in [-0.2, -0.15) is 0 Å². The molecule has 2 rings (SSSR count). The Morgan fingerprint density at radius 1 is 1.00 bits per heavy atom. The smallest absolute Gasteiger partial charge is 0.261 e. The number of nitrogens with one attached hydrogen (secondary N) is 1. The summed E-state index contributed by atoms with van der Waals surface area (Å²) in [4.78, 5) is 1.08. The highest BCUT2D eigenvalue weighted by atomic mass is 32.2. The van der Waals surface area contributed by atoms with Crippen LogP contribution < -0.4 is 4.72 Å². The number of thioether (sulfide) groups is 1. The van der Waals surface area contributed by atoms with Crippen LogP contribution in [0.4, 0.5) is 10.1 Å². The van der Waals surface area contributed by atoms with Crippen LogP contribution in [0.5, 0.6) is 0 Å². The van der Waals surface area contributed by atoms with E-state index in [0.717, 1.165) is 17.0 Å². The zero-order chi connectivity index (χ0) is 13.9. The van der Waals surface area contributed by atoms with E-state index in [1.807, 2.05) is 18.4 Å². The van der Waals surface area contributed by atoms with Crippen molar-refractivity contribution in [2.24, 2.45) is 0 Å². The standard InChI is InChI=1S/C13H12FNO2S2/c1-18-12-6-4-11(5-7-12)15-19(16,17)13-8-2-10(14)3-9-13/h2-9,15H,1H3. The molecular formula is C13H12FNO2S2. The zero-order valence-corrected chi connectivity index (χ0v) is 11.8. The van der Waals surface area contributed by atoms with Crippen molar-refractivity contribution in [1.29, 1.82) is 0 Å². The molecule has 0 saturated carbocycles. The maximum Gasteiger partial charge on any atom is 0.261 e. The van der Waals surface area contributed by atoms with E-state index < -0.39 is 15.8 Å². The molecule has 2 aromatic carbocycles. The third-order valence-electron chi connectivity index (χ3n) is 2.47. The minimum Gasteiger partial charge on any atom is -0.280 e. The Balaban J connectivity index is 2.23. The van der Waals surface area contributed by atoms with Crippen LogP contribution in [0.15, 0.2) is 58.3 Å². The third-order valence-corrected chi connectivity index (χ3v) is 4.61. The Bertz CT molecular complexity index is 652.